The van der Waals surface area contributed by atoms with E-state index in [1.54, 1.807) is 6.92 Å². The van der Waals surface area contributed by atoms with Crippen molar-refractivity contribution < 1.29 is 22.1 Å². The highest BCUT2D eigenvalue weighted by Crippen LogP contribution is 2.33. The summed E-state index contributed by atoms with van der Waals surface area (Å²) in [5, 5.41) is 3.13. The summed E-state index contributed by atoms with van der Waals surface area (Å²) in [6.45, 7) is 1.60. The van der Waals surface area contributed by atoms with Crippen LogP contribution in [-0.2, 0) is 12.3 Å². The molecule has 1 heterocycles. The molecule has 15 heavy (non-hydrogen) atoms. The largest absolute Gasteiger partial charge is 0.383 e. The first-order chi connectivity index (χ1) is 6.84. The highest BCUT2D eigenvalue weighted by molar-refractivity contribution is 4.96. The quantitative estimate of drug-likeness (QED) is 0.788. The number of aromatic nitrogens is 2. The van der Waals surface area contributed by atoms with Gasteiger partial charge in [-0.25, -0.2) is 8.78 Å². The fourth-order valence-electron chi connectivity index (χ4n) is 0.854. The number of alkyl halides is 4. The van der Waals surface area contributed by atoms with Crippen molar-refractivity contribution in [3.8, 4) is 0 Å². The van der Waals surface area contributed by atoms with E-state index in [1.165, 1.54) is 0 Å². The van der Waals surface area contributed by atoms with Crippen LogP contribution in [0.1, 0.15) is 18.6 Å². The molecule has 1 aromatic rings. The summed E-state index contributed by atoms with van der Waals surface area (Å²) in [5.41, 5.74) is 5.35. The summed E-state index contributed by atoms with van der Waals surface area (Å²) in [6.07, 6.45) is -3.79. The number of rotatable bonds is 4. The third-order valence-electron chi connectivity index (χ3n) is 1.53. The maximum atomic E-state index is 12.7. The van der Waals surface area contributed by atoms with Gasteiger partial charge in [0.05, 0.1) is 0 Å². The van der Waals surface area contributed by atoms with Crippen molar-refractivity contribution >= 4 is 0 Å². The van der Waals surface area contributed by atoms with Crippen molar-refractivity contribution in [2.45, 2.75) is 31.7 Å². The molecule has 0 spiro atoms. The van der Waals surface area contributed by atoms with Crippen LogP contribution in [0.3, 0.4) is 0 Å². The summed E-state index contributed by atoms with van der Waals surface area (Å²) < 4.78 is 53.1. The van der Waals surface area contributed by atoms with Crippen molar-refractivity contribution in [1.82, 2.24) is 10.1 Å². The number of halogens is 4. The Morgan fingerprint density at radius 3 is 2.53 bits per heavy atom. The minimum atomic E-state index is -4.41. The minimum absolute atomic E-state index is 0.0861. The normalized spacial score (nSPS) is 14.6. The van der Waals surface area contributed by atoms with Crippen LogP contribution in [0.4, 0.5) is 17.6 Å². The van der Waals surface area contributed by atoms with E-state index >= 15 is 0 Å². The zero-order valence-electron chi connectivity index (χ0n) is 7.75. The number of hydrogen-bond donors (Lipinski definition) is 1. The molecule has 0 bridgehead atoms. The van der Waals surface area contributed by atoms with Crippen molar-refractivity contribution in [3.05, 3.63) is 11.7 Å². The molecule has 8 heteroatoms. The molecule has 0 saturated carbocycles. The first kappa shape index (κ1) is 11.9. The van der Waals surface area contributed by atoms with Gasteiger partial charge in [-0.3, -0.25) is 0 Å². The average Bonchev–Trinajstić information content (AvgIpc) is 2.51. The van der Waals surface area contributed by atoms with Gasteiger partial charge in [0.1, 0.15) is 0 Å². The van der Waals surface area contributed by atoms with Gasteiger partial charge in [-0.2, -0.15) is 13.8 Å². The fraction of sp³-hybridized carbons (Fsp3) is 0.714. The maximum Gasteiger partial charge on any atom is 0.383 e. The van der Waals surface area contributed by atoms with E-state index in [2.05, 4.69) is 14.7 Å². The lowest BCUT2D eigenvalue weighted by atomic mass is 10.2. The van der Waals surface area contributed by atoms with E-state index in [0.29, 0.717) is 0 Å². The first-order valence-electron chi connectivity index (χ1n) is 4.08. The van der Waals surface area contributed by atoms with Crippen molar-refractivity contribution in [2.24, 2.45) is 5.73 Å². The van der Waals surface area contributed by atoms with Crippen LogP contribution in [-0.4, -0.2) is 22.6 Å². The zero-order chi connectivity index (χ0) is 11.6. The van der Waals surface area contributed by atoms with E-state index < -0.39 is 18.2 Å². The molecule has 0 aliphatic heterocycles. The van der Waals surface area contributed by atoms with Gasteiger partial charge in [-0.15, -0.1) is 0 Å². The smallest absolute Gasteiger partial charge is 0.332 e. The second-order valence-corrected chi connectivity index (χ2v) is 3.12. The van der Waals surface area contributed by atoms with Crippen LogP contribution in [0.5, 0.6) is 0 Å². The lowest BCUT2D eigenvalue weighted by Crippen LogP contribution is -2.24. The molecule has 1 rings (SSSR count). The van der Waals surface area contributed by atoms with Gasteiger partial charge in [-0.05, 0) is 6.92 Å². The fourth-order valence-corrected chi connectivity index (χ4v) is 0.854. The molecular formula is C7H9F4N3O. The Morgan fingerprint density at radius 1 is 1.47 bits per heavy atom. The molecular weight excluding hydrogens is 218 g/mol. The van der Waals surface area contributed by atoms with Gasteiger partial charge in [0.2, 0.25) is 0 Å². The standard InChI is InChI=1S/C7H9F4N3O/c1-3(12)2-4-13-6(15-14-4)7(10,11)5(8)9/h3,5H,2,12H2,1H3. The molecule has 0 aliphatic rings. The molecule has 0 aromatic carbocycles. The number of hydrogen-bond acceptors (Lipinski definition) is 4. The number of nitrogens with two attached hydrogens (primary N) is 1. The Bertz CT molecular complexity index is 326. The van der Waals surface area contributed by atoms with E-state index in [4.69, 9.17) is 5.73 Å². The van der Waals surface area contributed by atoms with Gasteiger partial charge in [0.15, 0.2) is 5.82 Å². The molecule has 0 fully saturated rings. The minimum Gasteiger partial charge on any atom is -0.332 e. The van der Waals surface area contributed by atoms with Crippen LogP contribution in [0.15, 0.2) is 4.52 Å². The summed E-state index contributed by atoms with van der Waals surface area (Å²) in [5.74, 6) is -5.91. The summed E-state index contributed by atoms with van der Waals surface area (Å²) in [7, 11) is 0. The predicted molar refractivity (Wildman–Crippen MR) is 41.5 cm³/mol. The van der Waals surface area contributed by atoms with Gasteiger partial charge in [-0.1, -0.05) is 5.16 Å². The Hall–Kier alpha value is -1.18. The summed E-state index contributed by atoms with van der Waals surface area (Å²) in [4.78, 5) is 3.16. The SMILES string of the molecule is CC(N)Cc1noc(C(F)(F)C(F)F)n1. The van der Waals surface area contributed by atoms with E-state index in [9.17, 15) is 17.6 Å². The highest BCUT2D eigenvalue weighted by atomic mass is 19.3. The molecule has 0 saturated heterocycles. The molecule has 0 amide bonds. The van der Waals surface area contributed by atoms with Gasteiger partial charge in [0.25, 0.3) is 0 Å². The molecule has 1 atom stereocenters. The summed E-state index contributed by atoms with van der Waals surface area (Å²) >= 11 is 0. The Morgan fingerprint density at radius 2 is 2.07 bits per heavy atom. The van der Waals surface area contributed by atoms with Crippen LogP contribution in [0.2, 0.25) is 0 Å². The Balaban J connectivity index is 2.84. The highest BCUT2D eigenvalue weighted by Gasteiger charge is 2.48. The number of nitrogens with zero attached hydrogens (tertiary/aromatic N) is 2. The van der Waals surface area contributed by atoms with Crippen molar-refractivity contribution in [3.63, 3.8) is 0 Å². The zero-order valence-corrected chi connectivity index (χ0v) is 7.75. The molecule has 1 unspecified atom stereocenters. The summed E-state index contributed by atoms with van der Waals surface area (Å²) in [6, 6.07) is -0.365. The third-order valence-corrected chi connectivity index (χ3v) is 1.53. The lowest BCUT2D eigenvalue weighted by molar-refractivity contribution is -0.152. The predicted octanol–water partition coefficient (Wildman–Crippen LogP) is 1.32. The van der Waals surface area contributed by atoms with Crippen LogP contribution < -0.4 is 5.73 Å². The second-order valence-electron chi connectivity index (χ2n) is 3.12. The van der Waals surface area contributed by atoms with Crippen LogP contribution in [0.25, 0.3) is 0 Å². The van der Waals surface area contributed by atoms with Gasteiger partial charge >= 0.3 is 18.2 Å². The molecule has 4 nitrogen and oxygen atoms in total. The van der Waals surface area contributed by atoms with Crippen LogP contribution >= 0.6 is 0 Å². The first-order valence-corrected chi connectivity index (χ1v) is 4.08. The maximum absolute atomic E-state index is 12.7. The molecule has 1 aromatic heterocycles. The molecule has 2 N–H and O–H groups in total. The van der Waals surface area contributed by atoms with Gasteiger partial charge in [0, 0.05) is 12.5 Å². The van der Waals surface area contributed by atoms with Gasteiger partial charge < -0.3 is 10.3 Å². The topological polar surface area (TPSA) is 64.9 Å². The third kappa shape index (κ3) is 2.65. The molecule has 86 valence electrons. The molecule has 0 radical (unpaired) electrons. The van der Waals surface area contributed by atoms with E-state index in [0.717, 1.165) is 0 Å². The Labute approximate surface area is 82.4 Å². The Kier molecular flexibility index (Phi) is 3.28. The lowest BCUT2D eigenvalue weighted by Gasteiger charge is -2.08. The van der Waals surface area contributed by atoms with Crippen LogP contribution in [0, 0.1) is 0 Å². The van der Waals surface area contributed by atoms with Crippen molar-refractivity contribution in [1.29, 1.82) is 0 Å². The van der Waals surface area contributed by atoms with E-state index in [1.807, 2.05) is 0 Å². The molecule has 0 aliphatic carbocycles. The second kappa shape index (κ2) is 4.13. The average molecular weight is 227 g/mol. The monoisotopic (exact) mass is 227 g/mol. The van der Waals surface area contributed by atoms with E-state index in [-0.39, 0.29) is 18.3 Å². The van der Waals surface area contributed by atoms with Crippen molar-refractivity contribution in [2.75, 3.05) is 0 Å².